The molecule has 0 heterocycles. The summed E-state index contributed by atoms with van der Waals surface area (Å²) in [5, 5.41) is 15.2. The SMILES string of the molecule is CC(C)(C)C(O)CNC(=O)NCc1ccccc1. The number of benzene rings is 1. The van der Waals surface area contributed by atoms with Crippen LogP contribution in [0.5, 0.6) is 0 Å². The van der Waals surface area contributed by atoms with E-state index in [1.807, 2.05) is 51.1 Å². The molecular weight excluding hydrogens is 228 g/mol. The normalized spacial score (nSPS) is 12.9. The molecule has 0 saturated heterocycles. The average Bonchev–Trinajstić information content (AvgIpc) is 2.33. The molecule has 0 aliphatic carbocycles. The van der Waals surface area contributed by atoms with Gasteiger partial charge >= 0.3 is 6.03 Å². The van der Waals surface area contributed by atoms with Gasteiger partial charge < -0.3 is 15.7 Å². The standard InChI is InChI=1S/C14H22N2O2/c1-14(2,3)12(17)10-16-13(18)15-9-11-7-5-4-6-8-11/h4-8,12,17H,9-10H2,1-3H3,(H2,15,16,18). The van der Waals surface area contributed by atoms with Crippen LogP contribution in [0.2, 0.25) is 0 Å². The van der Waals surface area contributed by atoms with E-state index in [0.29, 0.717) is 6.54 Å². The smallest absolute Gasteiger partial charge is 0.315 e. The zero-order valence-electron chi connectivity index (χ0n) is 11.2. The highest BCUT2D eigenvalue weighted by molar-refractivity contribution is 5.73. The molecule has 1 atom stereocenters. The van der Waals surface area contributed by atoms with Crippen molar-refractivity contribution < 1.29 is 9.90 Å². The van der Waals surface area contributed by atoms with Crippen LogP contribution in [0, 0.1) is 5.41 Å². The van der Waals surface area contributed by atoms with Crippen molar-refractivity contribution in [2.45, 2.75) is 33.4 Å². The van der Waals surface area contributed by atoms with Gasteiger partial charge in [-0.1, -0.05) is 51.1 Å². The second-order valence-electron chi connectivity index (χ2n) is 5.43. The Morgan fingerprint density at radius 3 is 2.39 bits per heavy atom. The molecule has 0 aromatic heterocycles. The molecule has 2 amide bonds. The predicted molar refractivity (Wildman–Crippen MR) is 72.1 cm³/mol. The van der Waals surface area contributed by atoms with Crippen LogP contribution in [0.15, 0.2) is 30.3 Å². The van der Waals surface area contributed by atoms with Gasteiger partial charge in [-0.05, 0) is 11.0 Å². The summed E-state index contributed by atoms with van der Waals surface area (Å²) < 4.78 is 0. The number of carbonyl (C=O) groups excluding carboxylic acids is 1. The van der Waals surface area contributed by atoms with E-state index in [1.54, 1.807) is 0 Å². The molecule has 4 heteroatoms. The summed E-state index contributed by atoms with van der Waals surface area (Å²) in [4.78, 5) is 11.5. The molecule has 18 heavy (non-hydrogen) atoms. The lowest BCUT2D eigenvalue weighted by molar-refractivity contribution is 0.0650. The maximum Gasteiger partial charge on any atom is 0.315 e. The number of rotatable bonds is 4. The molecule has 0 aliphatic rings. The third kappa shape index (κ3) is 5.19. The molecule has 0 aliphatic heterocycles. The number of aliphatic hydroxyl groups excluding tert-OH is 1. The lowest BCUT2D eigenvalue weighted by Crippen LogP contribution is -2.43. The molecule has 1 rings (SSSR count). The Hall–Kier alpha value is -1.55. The monoisotopic (exact) mass is 250 g/mol. The summed E-state index contributed by atoms with van der Waals surface area (Å²) >= 11 is 0. The van der Waals surface area contributed by atoms with Crippen LogP contribution < -0.4 is 10.6 Å². The summed E-state index contributed by atoms with van der Waals surface area (Å²) in [6, 6.07) is 9.43. The fraction of sp³-hybridized carbons (Fsp3) is 0.500. The van der Waals surface area contributed by atoms with Crippen LogP contribution >= 0.6 is 0 Å². The fourth-order valence-corrected chi connectivity index (χ4v) is 1.34. The van der Waals surface area contributed by atoms with E-state index in [1.165, 1.54) is 0 Å². The van der Waals surface area contributed by atoms with Gasteiger partial charge in [0.05, 0.1) is 6.10 Å². The summed E-state index contributed by atoms with van der Waals surface area (Å²) in [7, 11) is 0. The Kier molecular flexibility index (Phi) is 5.16. The lowest BCUT2D eigenvalue weighted by Gasteiger charge is -2.25. The van der Waals surface area contributed by atoms with E-state index in [0.717, 1.165) is 5.56 Å². The van der Waals surface area contributed by atoms with E-state index < -0.39 is 6.10 Å². The van der Waals surface area contributed by atoms with Crippen LogP contribution in [-0.2, 0) is 6.54 Å². The third-order valence-electron chi connectivity index (χ3n) is 2.75. The van der Waals surface area contributed by atoms with Gasteiger partial charge in [0.1, 0.15) is 0 Å². The van der Waals surface area contributed by atoms with Gasteiger partial charge in [-0.15, -0.1) is 0 Å². The van der Waals surface area contributed by atoms with E-state index in [9.17, 15) is 9.90 Å². The van der Waals surface area contributed by atoms with E-state index in [2.05, 4.69) is 10.6 Å². The summed E-state index contributed by atoms with van der Waals surface area (Å²) in [6.45, 7) is 6.53. The molecule has 0 fully saturated rings. The van der Waals surface area contributed by atoms with Crippen LogP contribution in [0.1, 0.15) is 26.3 Å². The molecule has 0 radical (unpaired) electrons. The Bertz CT molecular complexity index is 371. The quantitative estimate of drug-likeness (QED) is 0.764. The highest BCUT2D eigenvalue weighted by Gasteiger charge is 2.22. The number of urea groups is 1. The van der Waals surface area contributed by atoms with Gasteiger partial charge in [-0.3, -0.25) is 0 Å². The average molecular weight is 250 g/mol. The number of carbonyl (C=O) groups is 1. The van der Waals surface area contributed by atoms with Crippen molar-refractivity contribution in [3.8, 4) is 0 Å². The topological polar surface area (TPSA) is 61.4 Å². The number of amides is 2. The van der Waals surface area contributed by atoms with Crippen molar-refractivity contribution in [1.29, 1.82) is 0 Å². The third-order valence-corrected chi connectivity index (χ3v) is 2.75. The molecular formula is C14H22N2O2. The van der Waals surface area contributed by atoms with Gasteiger partial charge in [-0.25, -0.2) is 4.79 Å². The van der Waals surface area contributed by atoms with Crippen LogP contribution in [-0.4, -0.2) is 23.8 Å². The first-order valence-electron chi connectivity index (χ1n) is 6.13. The number of nitrogens with one attached hydrogen (secondary N) is 2. The molecule has 100 valence electrons. The minimum absolute atomic E-state index is 0.229. The molecule has 0 spiro atoms. The first kappa shape index (κ1) is 14.5. The largest absolute Gasteiger partial charge is 0.391 e. The van der Waals surface area contributed by atoms with Gasteiger partial charge in [0.25, 0.3) is 0 Å². The van der Waals surface area contributed by atoms with Crippen LogP contribution in [0.3, 0.4) is 0 Å². The van der Waals surface area contributed by atoms with Crippen molar-refractivity contribution in [2.75, 3.05) is 6.54 Å². The van der Waals surface area contributed by atoms with Crippen molar-refractivity contribution in [3.63, 3.8) is 0 Å². The first-order chi connectivity index (χ1) is 8.39. The van der Waals surface area contributed by atoms with Crippen molar-refractivity contribution in [1.82, 2.24) is 10.6 Å². The zero-order valence-corrected chi connectivity index (χ0v) is 11.2. The minimum atomic E-state index is -0.556. The Labute approximate surface area is 108 Å². The predicted octanol–water partition coefficient (Wildman–Crippen LogP) is 1.89. The maximum absolute atomic E-state index is 11.5. The van der Waals surface area contributed by atoms with Crippen LogP contribution in [0.25, 0.3) is 0 Å². The zero-order chi connectivity index (χ0) is 13.6. The van der Waals surface area contributed by atoms with E-state index >= 15 is 0 Å². The molecule has 3 N–H and O–H groups in total. The van der Waals surface area contributed by atoms with E-state index in [-0.39, 0.29) is 18.0 Å². The van der Waals surface area contributed by atoms with E-state index in [4.69, 9.17) is 0 Å². The molecule has 4 nitrogen and oxygen atoms in total. The number of hydrogen-bond acceptors (Lipinski definition) is 2. The second kappa shape index (κ2) is 6.40. The highest BCUT2D eigenvalue weighted by Crippen LogP contribution is 2.17. The van der Waals surface area contributed by atoms with Gasteiger partial charge in [-0.2, -0.15) is 0 Å². The van der Waals surface area contributed by atoms with Crippen molar-refractivity contribution in [3.05, 3.63) is 35.9 Å². The first-order valence-corrected chi connectivity index (χ1v) is 6.13. The van der Waals surface area contributed by atoms with Gasteiger partial charge in [0, 0.05) is 13.1 Å². The minimum Gasteiger partial charge on any atom is -0.391 e. The Morgan fingerprint density at radius 1 is 1.22 bits per heavy atom. The molecule has 0 saturated carbocycles. The van der Waals surface area contributed by atoms with Gasteiger partial charge in [0.15, 0.2) is 0 Å². The lowest BCUT2D eigenvalue weighted by atomic mass is 9.89. The molecule has 1 unspecified atom stereocenters. The summed E-state index contributed by atoms with van der Waals surface area (Å²) in [5.74, 6) is 0. The summed E-state index contributed by atoms with van der Waals surface area (Å²) in [5.41, 5.74) is 0.816. The summed E-state index contributed by atoms with van der Waals surface area (Å²) in [6.07, 6.45) is -0.556. The second-order valence-corrected chi connectivity index (χ2v) is 5.43. The van der Waals surface area contributed by atoms with Gasteiger partial charge in [0.2, 0.25) is 0 Å². The highest BCUT2D eigenvalue weighted by atomic mass is 16.3. The van der Waals surface area contributed by atoms with Crippen molar-refractivity contribution in [2.24, 2.45) is 5.41 Å². The molecule has 1 aromatic carbocycles. The molecule has 1 aromatic rings. The molecule has 0 bridgehead atoms. The Balaban J connectivity index is 2.27. The van der Waals surface area contributed by atoms with Crippen LogP contribution in [0.4, 0.5) is 4.79 Å². The van der Waals surface area contributed by atoms with Crippen molar-refractivity contribution >= 4 is 6.03 Å². The Morgan fingerprint density at radius 2 is 1.83 bits per heavy atom. The number of aliphatic hydroxyl groups is 1. The maximum atomic E-state index is 11.5. The number of hydrogen-bond donors (Lipinski definition) is 3. The fourth-order valence-electron chi connectivity index (χ4n) is 1.34.